The van der Waals surface area contributed by atoms with Crippen LogP contribution in [0.1, 0.15) is 61.2 Å². The number of amides is 1. The van der Waals surface area contributed by atoms with Crippen molar-refractivity contribution in [2.24, 2.45) is 17.2 Å². The van der Waals surface area contributed by atoms with Gasteiger partial charge in [-0.25, -0.2) is 9.50 Å². The van der Waals surface area contributed by atoms with Crippen LogP contribution in [0.4, 0.5) is 5.82 Å². The molecule has 6 N–H and O–H groups in total. The van der Waals surface area contributed by atoms with Gasteiger partial charge in [0.1, 0.15) is 11.6 Å². The summed E-state index contributed by atoms with van der Waals surface area (Å²) in [5.74, 6) is 1.49. The average molecular weight is 467 g/mol. The number of nitrogens with zero attached hydrogens (tertiary/aromatic N) is 5. The molecule has 1 amide bonds. The van der Waals surface area contributed by atoms with Crippen LogP contribution in [-0.2, 0) is 4.79 Å². The number of piperidine rings is 1. The monoisotopic (exact) mass is 466 g/mol. The van der Waals surface area contributed by atoms with Crippen molar-refractivity contribution in [2.75, 3.05) is 24.5 Å². The molecule has 3 aromatic heterocycles. The van der Waals surface area contributed by atoms with Gasteiger partial charge in [-0.1, -0.05) is 0 Å². The van der Waals surface area contributed by atoms with Gasteiger partial charge in [0, 0.05) is 43.5 Å². The molecule has 2 aliphatic rings. The molecule has 0 bridgehead atoms. The average Bonchev–Trinajstić information content (AvgIpc) is 3.58. The van der Waals surface area contributed by atoms with Crippen molar-refractivity contribution in [3.63, 3.8) is 0 Å². The van der Waals surface area contributed by atoms with E-state index in [2.05, 4.69) is 4.90 Å². The molecular formula is C24H34N8O2. The van der Waals surface area contributed by atoms with E-state index in [9.17, 15) is 4.79 Å². The van der Waals surface area contributed by atoms with E-state index in [1.807, 2.05) is 28.6 Å². The summed E-state index contributed by atoms with van der Waals surface area (Å²) in [4.78, 5) is 22.4. The molecule has 10 heteroatoms. The minimum absolute atomic E-state index is 0.0976. The molecule has 0 saturated carbocycles. The Bertz CT molecular complexity index is 1140. The van der Waals surface area contributed by atoms with E-state index >= 15 is 0 Å². The van der Waals surface area contributed by atoms with Crippen molar-refractivity contribution in [2.45, 2.75) is 63.2 Å². The topological polar surface area (TPSA) is 145 Å². The van der Waals surface area contributed by atoms with Crippen LogP contribution in [0.5, 0.6) is 0 Å². The Morgan fingerprint density at radius 3 is 2.85 bits per heavy atom. The largest absolute Gasteiger partial charge is 0.468 e. The predicted octanol–water partition coefficient (Wildman–Crippen LogP) is 1.64. The Morgan fingerprint density at radius 2 is 2.12 bits per heavy atom. The molecule has 182 valence electrons. The molecule has 4 atom stereocenters. The summed E-state index contributed by atoms with van der Waals surface area (Å²) in [7, 11) is 0. The summed E-state index contributed by atoms with van der Waals surface area (Å²) >= 11 is 0. The fourth-order valence-corrected chi connectivity index (χ4v) is 5.19. The van der Waals surface area contributed by atoms with Crippen molar-refractivity contribution in [1.29, 1.82) is 0 Å². The van der Waals surface area contributed by atoms with E-state index in [-0.39, 0.29) is 18.0 Å². The fraction of sp³-hybridized carbons (Fsp3) is 0.542. The van der Waals surface area contributed by atoms with Gasteiger partial charge < -0.3 is 31.4 Å². The lowest BCUT2D eigenvalue weighted by molar-refractivity contribution is -0.136. The third-order valence-electron chi connectivity index (χ3n) is 7.01. The number of carbonyl (C=O) groups excluding carboxylic acids is 1. The smallest absolute Gasteiger partial charge is 0.240 e. The number of nitrogens with two attached hydrogens (primary N) is 3. The second-order valence-electron chi connectivity index (χ2n) is 9.62. The molecule has 5 heterocycles. The molecule has 0 spiro atoms. The summed E-state index contributed by atoms with van der Waals surface area (Å²) in [6.45, 7) is 4.43. The van der Waals surface area contributed by atoms with E-state index < -0.39 is 12.1 Å². The van der Waals surface area contributed by atoms with Crippen molar-refractivity contribution >= 4 is 17.4 Å². The van der Waals surface area contributed by atoms with Gasteiger partial charge in [-0.3, -0.25) is 4.79 Å². The maximum absolute atomic E-state index is 13.4. The highest BCUT2D eigenvalue weighted by Crippen LogP contribution is 2.32. The number of aryl methyl sites for hydroxylation is 1. The maximum Gasteiger partial charge on any atom is 0.240 e. The highest BCUT2D eigenvalue weighted by molar-refractivity contribution is 5.82. The summed E-state index contributed by atoms with van der Waals surface area (Å²) in [6.07, 6.45) is 7.71. The number of hydrogen-bond acceptors (Lipinski definition) is 8. The maximum atomic E-state index is 13.4. The number of fused-ring (bicyclic) bond motifs is 1. The van der Waals surface area contributed by atoms with Crippen molar-refractivity contribution < 1.29 is 9.21 Å². The normalized spacial score (nSPS) is 22.9. The van der Waals surface area contributed by atoms with Crippen LogP contribution >= 0.6 is 0 Å². The zero-order valence-corrected chi connectivity index (χ0v) is 19.6. The first-order chi connectivity index (χ1) is 16.4. The highest BCUT2D eigenvalue weighted by Gasteiger charge is 2.34. The van der Waals surface area contributed by atoms with E-state index in [0.29, 0.717) is 18.7 Å². The Balaban J connectivity index is 1.36. The first-order valence-electron chi connectivity index (χ1n) is 12.1. The van der Waals surface area contributed by atoms with Crippen LogP contribution in [0.3, 0.4) is 0 Å². The molecule has 2 saturated heterocycles. The van der Waals surface area contributed by atoms with Gasteiger partial charge in [-0.15, -0.1) is 0 Å². The minimum Gasteiger partial charge on any atom is -0.468 e. The summed E-state index contributed by atoms with van der Waals surface area (Å²) in [5.41, 5.74) is 21.3. The molecule has 2 aliphatic heterocycles. The molecule has 5 rings (SSSR count). The van der Waals surface area contributed by atoms with Gasteiger partial charge in [-0.2, -0.15) is 5.10 Å². The van der Waals surface area contributed by atoms with Crippen LogP contribution in [0.25, 0.3) is 5.65 Å². The van der Waals surface area contributed by atoms with Crippen LogP contribution in [0.2, 0.25) is 0 Å². The van der Waals surface area contributed by atoms with E-state index in [1.165, 1.54) is 0 Å². The predicted molar refractivity (Wildman–Crippen MR) is 129 cm³/mol. The molecule has 10 nitrogen and oxygen atoms in total. The Morgan fingerprint density at radius 1 is 1.26 bits per heavy atom. The van der Waals surface area contributed by atoms with Gasteiger partial charge in [-0.05, 0) is 51.2 Å². The summed E-state index contributed by atoms with van der Waals surface area (Å²) in [5, 5.41) is 4.81. The summed E-state index contributed by atoms with van der Waals surface area (Å²) < 4.78 is 7.19. The van der Waals surface area contributed by atoms with Crippen molar-refractivity contribution in [3.05, 3.63) is 47.7 Å². The van der Waals surface area contributed by atoms with Crippen LogP contribution in [0.15, 0.2) is 35.1 Å². The number of hydrogen-bond donors (Lipinski definition) is 3. The highest BCUT2D eigenvalue weighted by atomic mass is 16.3. The number of furan rings is 1. The molecule has 0 aromatic carbocycles. The molecule has 2 unspecified atom stereocenters. The Hall–Kier alpha value is -2.95. The standard InChI is InChI=1S/C24H34N8O2/c1-15-13-32-22(28-23(15)30-9-7-16(25)14-30)12-19(29-32)20-5-2-3-8-31(20)24(33)18(27)11-17(26)21-6-4-10-34-21/h4,6,10,12-13,16-18,20H,2-3,5,7-9,11,14,25-27H2,1H3/t16-,17?,18?,20-/m0/s1. The number of rotatable bonds is 6. The lowest BCUT2D eigenvalue weighted by atomic mass is 9.97. The Labute approximate surface area is 199 Å². The molecule has 0 aliphatic carbocycles. The van der Waals surface area contributed by atoms with Gasteiger partial charge in [0.15, 0.2) is 5.65 Å². The number of aromatic nitrogens is 3. The molecule has 3 aromatic rings. The zero-order chi connectivity index (χ0) is 23.8. The van der Waals surface area contributed by atoms with Gasteiger partial charge in [0.05, 0.1) is 30.1 Å². The van der Waals surface area contributed by atoms with Gasteiger partial charge in [0.25, 0.3) is 0 Å². The number of anilines is 1. The van der Waals surface area contributed by atoms with Crippen molar-refractivity contribution in [1.82, 2.24) is 19.5 Å². The lowest BCUT2D eigenvalue weighted by Gasteiger charge is -2.36. The lowest BCUT2D eigenvalue weighted by Crippen LogP contribution is -2.48. The number of likely N-dealkylation sites (tertiary alicyclic amines) is 1. The Kier molecular flexibility index (Phi) is 6.28. The molecule has 2 fully saturated rings. The van der Waals surface area contributed by atoms with Gasteiger partial charge in [0.2, 0.25) is 5.91 Å². The second-order valence-corrected chi connectivity index (χ2v) is 9.62. The van der Waals surface area contributed by atoms with Crippen LogP contribution < -0.4 is 22.1 Å². The van der Waals surface area contributed by atoms with E-state index in [1.54, 1.807) is 18.4 Å². The quantitative estimate of drug-likeness (QED) is 0.497. The van der Waals surface area contributed by atoms with E-state index in [0.717, 1.165) is 61.5 Å². The fourth-order valence-electron chi connectivity index (χ4n) is 5.19. The third kappa shape index (κ3) is 4.40. The molecule has 34 heavy (non-hydrogen) atoms. The third-order valence-corrected chi connectivity index (χ3v) is 7.01. The first kappa shape index (κ1) is 22.8. The minimum atomic E-state index is -0.705. The zero-order valence-electron chi connectivity index (χ0n) is 19.6. The summed E-state index contributed by atoms with van der Waals surface area (Å²) in [6, 6.07) is 4.52. The second kappa shape index (κ2) is 9.36. The molecule has 0 radical (unpaired) electrons. The molecular weight excluding hydrogens is 432 g/mol. The number of carbonyl (C=O) groups is 1. The van der Waals surface area contributed by atoms with Crippen LogP contribution in [-0.4, -0.2) is 57.1 Å². The van der Waals surface area contributed by atoms with Gasteiger partial charge >= 0.3 is 0 Å². The SMILES string of the molecule is Cc1cn2nc([C@@H]3CCCCN3C(=O)C(N)CC(N)c3ccco3)cc2nc1N1CC[C@H](N)C1. The van der Waals surface area contributed by atoms with Crippen molar-refractivity contribution in [3.8, 4) is 0 Å². The van der Waals surface area contributed by atoms with Crippen LogP contribution in [0, 0.1) is 6.92 Å². The first-order valence-corrected chi connectivity index (χ1v) is 12.1. The van der Waals surface area contributed by atoms with E-state index in [4.69, 9.17) is 31.7 Å².